The van der Waals surface area contributed by atoms with Gasteiger partial charge in [-0.05, 0) is 43.0 Å². The summed E-state index contributed by atoms with van der Waals surface area (Å²) in [6, 6.07) is 6.36. The van der Waals surface area contributed by atoms with E-state index in [1.54, 1.807) is 0 Å². The van der Waals surface area contributed by atoms with Crippen LogP contribution < -0.4 is 5.32 Å². The molecule has 70 valence electrons. The Labute approximate surface area is 84.1 Å². The van der Waals surface area contributed by atoms with Gasteiger partial charge in [0, 0.05) is 11.6 Å². The predicted molar refractivity (Wildman–Crippen MR) is 56.4 cm³/mol. The molecule has 0 aliphatic carbocycles. The molecular formula is C11H14ClN. The van der Waals surface area contributed by atoms with Crippen molar-refractivity contribution in [2.75, 3.05) is 13.1 Å². The van der Waals surface area contributed by atoms with Crippen molar-refractivity contribution in [2.45, 2.75) is 19.3 Å². The lowest BCUT2D eigenvalue weighted by Crippen LogP contribution is -2.07. The molecule has 1 aromatic rings. The molecule has 1 unspecified atom stereocenters. The van der Waals surface area contributed by atoms with Crippen LogP contribution >= 0.6 is 11.6 Å². The zero-order valence-corrected chi connectivity index (χ0v) is 8.56. The van der Waals surface area contributed by atoms with Crippen molar-refractivity contribution < 1.29 is 0 Å². The summed E-state index contributed by atoms with van der Waals surface area (Å²) in [5.41, 5.74) is 2.61. The summed E-state index contributed by atoms with van der Waals surface area (Å²) in [7, 11) is 0. The van der Waals surface area contributed by atoms with E-state index in [0.717, 1.165) is 18.1 Å². The quantitative estimate of drug-likeness (QED) is 0.727. The van der Waals surface area contributed by atoms with Crippen LogP contribution in [-0.2, 0) is 0 Å². The Morgan fingerprint density at radius 1 is 1.46 bits per heavy atom. The molecule has 1 saturated heterocycles. The van der Waals surface area contributed by atoms with Crippen molar-refractivity contribution in [1.29, 1.82) is 0 Å². The minimum absolute atomic E-state index is 0.691. The van der Waals surface area contributed by atoms with E-state index in [9.17, 15) is 0 Å². The number of hydrogen-bond acceptors (Lipinski definition) is 1. The molecule has 0 spiro atoms. The Balaban J connectivity index is 2.25. The molecule has 0 bridgehead atoms. The first-order valence-corrected chi connectivity index (χ1v) is 5.12. The highest BCUT2D eigenvalue weighted by molar-refractivity contribution is 6.31. The summed E-state index contributed by atoms with van der Waals surface area (Å²) in [5, 5.41) is 4.24. The van der Waals surface area contributed by atoms with E-state index in [1.165, 1.54) is 17.5 Å². The van der Waals surface area contributed by atoms with Gasteiger partial charge in [-0.15, -0.1) is 0 Å². The van der Waals surface area contributed by atoms with Crippen LogP contribution in [0.5, 0.6) is 0 Å². The van der Waals surface area contributed by atoms with Gasteiger partial charge in [0.2, 0.25) is 0 Å². The topological polar surface area (TPSA) is 12.0 Å². The van der Waals surface area contributed by atoms with Crippen molar-refractivity contribution in [2.24, 2.45) is 0 Å². The summed E-state index contributed by atoms with van der Waals surface area (Å²) >= 11 is 5.97. The number of rotatable bonds is 1. The standard InChI is InChI=1S/C11H14ClN/c1-8-6-9(2-3-11(8)12)10-4-5-13-7-10/h2-3,6,10,13H,4-5,7H2,1H3. The molecule has 1 nitrogen and oxygen atoms in total. The van der Waals surface area contributed by atoms with Gasteiger partial charge in [-0.2, -0.15) is 0 Å². The van der Waals surface area contributed by atoms with E-state index in [4.69, 9.17) is 11.6 Å². The maximum absolute atomic E-state index is 5.97. The van der Waals surface area contributed by atoms with Gasteiger partial charge in [0.25, 0.3) is 0 Å². The molecule has 1 aromatic carbocycles. The van der Waals surface area contributed by atoms with Crippen molar-refractivity contribution in [3.05, 3.63) is 34.3 Å². The van der Waals surface area contributed by atoms with Crippen LogP contribution in [0.1, 0.15) is 23.5 Å². The predicted octanol–water partition coefficient (Wildman–Crippen LogP) is 2.73. The number of aryl methyl sites for hydroxylation is 1. The van der Waals surface area contributed by atoms with Gasteiger partial charge in [-0.1, -0.05) is 23.7 Å². The van der Waals surface area contributed by atoms with E-state index in [2.05, 4.69) is 24.4 Å². The molecule has 0 aromatic heterocycles. The highest BCUT2D eigenvalue weighted by Gasteiger charge is 2.16. The van der Waals surface area contributed by atoms with Crippen molar-refractivity contribution in [1.82, 2.24) is 5.32 Å². The maximum atomic E-state index is 5.97. The fourth-order valence-electron chi connectivity index (χ4n) is 1.86. The molecule has 1 N–H and O–H groups in total. The Morgan fingerprint density at radius 3 is 2.92 bits per heavy atom. The summed E-state index contributed by atoms with van der Waals surface area (Å²) in [6.45, 7) is 4.32. The average molecular weight is 196 g/mol. The zero-order chi connectivity index (χ0) is 9.26. The molecule has 2 rings (SSSR count). The molecule has 13 heavy (non-hydrogen) atoms. The van der Waals surface area contributed by atoms with Crippen LogP contribution in [0.3, 0.4) is 0 Å². The molecule has 0 amide bonds. The van der Waals surface area contributed by atoms with Gasteiger partial charge >= 0.3 is 0 Å². The first-order valence-electron chi connectivity index (χ1n) is 4.74. The van der Waals surface area contributed by atoms with E-state index >= 15 is 0 Å². The second kappa shape index (κ2) is 3.69. The van der Waals surface area contributed by atoms with Crippen LogP contribution in [-0.4, -0.2) is 13.1 Å². The Morgan fingerprint density at radius 2 is 2.31 bits per heavy atom. The minimum Gasteiger partial charge on any atom is -0.316 e. The third-order valence-corrected chi connectivity index (χ3v) is 3.14. The van der Waals surface area contributed by atoms with Crippen molar-refractivity contribution in [3.63, 3.8) is 0 Å². The Kier molecular flexibility index (Phi) is 2.56. The van der Waals surface area contributed by atoms with Gasteiger partial charge < -0.3 is 5.32 Å². The summed E-state index contributed by atoms with van der Waals surface area (Å²) in [5.74, 6) is 0.691. The highest BCUT2D eigenvalue weighted by Crippen LogP contribution is 2.25. The molecule has 1 heterocycles. The molecule has 0 saturated carbocycles. The normalized spacial score (nSPS) is 22.2. The lowest BCUT2D eigenvalue weighted by atomic mass is 9.97. The number of halogens is 1. The SMILES string of the molecule is Cc1cc(C2CCNC2)ccc1Cl. The molecule has 1 aliphatic heterocycles. The number of hydrogen-bond donors (Lipinski definition) is 1. The highest BCUT2D eigenvalue weighted by atomic mass is 35.5. The lowest BCUT2D eigenvalue weighted by molar-refractivity contribution is 0.762. The van der Waals surface area contributed by atoms with E-state index < -0.39 is 0 Å². The summed E-state index contributed by atoms with van der Waals surface area (Å²) in [4.78, 5) is 0. The Bertz CT molecular complexity index is 303. The monoisotopic (exact) mass is 195 g/mol. The molecular weight excluding hydrogens is 182 g/mol. The van der Waals surface area contributed by atoms with Gasteiger partial charge in [-0.25, -0.2) is 0 Å². The molecule has 2 heteroatoms. The first-order chi connectivity index (χ1) is 6.27. The van der Waals surface area contributed by atoms with Crippen LogP contribution in [0.15, 0.2) is 18.2 Å². The lowest BCUT2D eigenvalue weighted by Gasteiger charge is -2.09. The maximum Gasteiger partial charge on any atom is 0.0435 e. The van der Waals surface area contributed by atoms with Crippen LogP contribution in [0.25, 0.3) is 0 Å². The zero-order valence-electron chi connectivity index (χ0n) is 7.81. The van der Waals surface area contributed by atoms with Crippen LogP contribution in [0.4, 0.5) is 0 Å². The van der Waals surface area contributed by atoms with Gasteiger partial charge in [-0.3, -0.25) is 0 Å². The second-order valence-corrected chi connectivity index (χ2v) is 4.11. The van der Waals surface area contributed by atoms with Crippen LogP contribution in [0.2, 0.25) is 5.02 Å². The number of benzene rings is 1. The van der Waals surface area contributed by atoms with E-state index in [1.807, 2.05) is 6.07 Å². The van der Waals surface area contributed by atoms with Crippen molar-refractivity contribution in [3.8, 4) is 0 Å². The molecule has 1 aliphatic rings. The second-order valence-electron chi connectivity index (χ2n) is 3.70. The van der Waals surface area contributed by atoms with Gasteiger partial charge in [0.15, 0.2) is 0 Å². The van der Waals surface area contributed by atoms with Crippen LogP contribution in [0, 0.1) is 6.92 Å². The van der Waals surface area contributed by atoms with E-state index in [0.29, 0.717) is 5.92 Å². The third-order valence-electron chi connectivity index (χ3n) is 2.71. The largest absolute Gasteiger partial charge is 0.316 e. The fourth-order valence-corrected chi connectivity index (χ4v) is 1.98. The molecule has 0 radical (unpaired) electrons. The average Bonchev–Trinajstić information content (AvgIpc) is 2.62. The third kappa shape index (κ3) is 1.87. The number of nitrogens with one attached hydrogen (secondary N) is 1. The molecule has 1 fully saturated rings. The van der Waals surface area contributed by atoms with E-state index in [-0.39, 0.29) is 0 Å². The molecule has 1 atom stereocenters. The summed E-state index contributed by atoms with van der Waals surface area (Å²) in [6.07, 6.45) is 1.25. The smallest absolute Gasteiger partial charge is 0.0435 e. The summed E-state index contributed by atoms with van der Waals surface area (Å²) < 4.78 is 0. The minimum atomic E-state index is 0.691. The fraction of sp³-hybridized carbons (Fsp3) is 0.455. The van der Waals surface area contributed by atoms with Crippen molar-refractivity contribution >= 4 is 11.6 Å². The first kappa shape index (κ1) is 9.04. The Hall–Kier alpha value is -0.530. The van der Waals surface area contributed by atoms with Gasteiger partial charge in [0.05, 0.1) is 0 Å². The van der Waals surface area contributed by atoms with Gasteiger partial charge in [0.1, 0.15) is 0 Å².